The maximum Gasteiger partial charge on any atom is 0.231 e. The Balaban J connectivity index is 1.43. The van der Waals surface area contributed by atoms with Gasteiger partial charge in [0, 0.05) is 25.5 Å². The van der Waals surface area contributed by atoms with E-state index in [1.54, 1.807) is 18.3 Å². The zero-order valence-corrected chi connectivity index (χ0v) is 16.1. The first-order chi connectivity index (χ1) is 14.2. The molecule has 0 aliphatic carbocycles. The first kappa shape index (κ1) is 17.6. The molecule has 0 N–H and O–H groups in total. The van der Waals surface area contributed by atoms with Crippen LogP contribution in [0.4, 0.5) is 0 Å². The molecule has 0 unspecified atom stereocenters. The normalized spacial score (nSPS) is 16.9. The van der Waals surface area contributed by atoms with Gasteiger partial charge in [0.1, 0.15) is 18.2 Å². The number of ether oxygens (including phenoxy) is 2. The van der Waals surface area contributed by atoms with Gasteiger partial charge in [-0.2, -0.15) is 0 Å². The highest BCUT2D eigenvalue weighted by Crippen LogP contribution is 2.42. The summed E-state index contributed by atoms with van der Waals surface area (Å²) < 4.78 is 12.0. The van der Waals surface area contributed by atoms with Gasteiger partial charge in [-0.25, -0.2) is 0 Å². The third kappa shape index (κ3) is 3.41. The molecule has 144 valence electrons. The molecule has 0 saturated heterocycles. The number of aryl methyl sites for hydroxylation is 1. The fourth-order valence-electron chi connectivity index (χ4n) is 3.67. The molecule has 5 heteroatoms. The molecule has 0 bridgehead atoms. The number of aromatic nitrogens is 1. The van der Waals surface area contributed by atoms with Crippen LogP contribution < -0.4 is 9.47 Å². The zero-order valence-electron chi connectivity index (χ0n) is 16.1. The number of carbonyl (C=O) groups excluding carboxylic acids is 1. The molecular weight excluding hydrogens is 364 g/mol. The minimum atomic E-state index is -0.0900. The number of pyridine rings is 1. The molecule has 2 aromatic carbocycles. The third-order valence-corrected chi connectivity index (χ3v) is 5.19. The van der Waals surface area contributed by atoms with Gasteiger partial charge in [0.25, 0.3) is 0 Å². The van der Waals surface area contributed by atoms with Crippen molar-refractivity contribution >= 4 is 11.9 Å². The lowest BCUT2D eigenvalue weighted by Gasteiger charge is -2.29. The van der Waals surface area contributed by atoms with Crippen LogP contribution in [0.5, 0.6) is 11.5 Å². The molecule has 29 heavy (non-hydrogen) atoms. The largest absolute Gasteiger partial charge is 0.478 e. The Kier molecular flexibility index (Phi) is 4.37. The van der Waals surface area contributed by atoms with Gasteiger partial charge in [-0.1, -0.05) is 35.9 Å². The molecule has 5 nitrogen and oxygen atoms in total. The molecule has 3 aromatic rings. The topological polar surface area (TPSA) is 51.7 Å². The van der Waals surface area contributed by atoms with Crippen LogP contribution >= 0.6 is 0 Å². The summed E-state index contributed by atoms with van der Waals surface area (Å²) >= 11 is 0. The Morgan fingerprint density at radius 3 is 2.79 bits per heavy atom. The predicted octanol–water partition coefficient (Wildman–Crippen LogP) is 4.36. The van der Waals surface area contributed by atoms with E-state index in [1.807, 2.05) is 55.6 Å². The Hall–Kier alpha value is -3.44. The smallest absolute Gasteiger partial charge is 0.231 e. The van der Waals surface area contributed by atoms with Gasteiger partial charge in [0.05, 0.1) is 11.1 Å². The number of allylic oxidation sites excluding steroid dienone is 1. The highest BCUT2D eigenvalue weighted by molar-refractivity contribution is 6.15. The first-order valence-electron chi connectivity index (χ1n) is 9.58. The van der Waals surface area contributed by atoms with Crippen LogP contribution in [0.15, 0.2) is 66.7 Å². The number of hydrogen-bond donors (Lipinski definition) is 0. The van der Waals surface area contributed by atoms with E-state index < -0.39 is 0 Å². The van der Waals surface area contributed by atoms with E-state index in [0.717, 1.165) is 29.0 Å². The summed E-state index contributed by atoms with van der Waals surface area (Å²) in [5.74, 6) is 1.65. The standard InChI is InChI=1S/C24H20N2O3/c1-16-4-6-17(7-5-16)11-22-23(27)19-8-9-21-20(24(19)29-22)14-26(15-28-21)13-18-3-2-10-25-12-18/h2-12H,13-15H2,1H3/b22-11-. The van der Waals surface area contributed by atoms with Crippen molar-refractivity contribution in [2.75, 3.05) is 6.73 Å². The van der Waals surface area contributed by atoms with Crippen molar-refractivity contribution in [3.63, 3.8) is 0 Å². The summed E-state index contributed by atoms with van der Waals surface area (Å²) in [6.07, 6.45) is 5.42. The van der Waals surface area contributed by atoms with E-state index >= 15 is 0 Å². The van der Waals surface area contributed by atoms with E-state index in [2.05, 4.69) is 9.88 Å². The van der Waals surface area contributed by atoms with Gasteiger partial charge in [-0.3, -0.25) is 14.7 Å². The molecule has 1 aromatic heterocycles. The quantitative estimate of drug-likeness (QED) is 0.628. The SMILES string of the molecule is Cc1ccc(/C=C2\Oc3c(ccc4c3CN(Cc3cccnc3)CO4)C2=O)cc1. The van der Waals surface area contributed by atoms with Gasteiger partial charge in [-0.15, -0.1) is 0 Å². The van der Waals surface area contributed by atoms with Crippen molar-refractivity contribution in [3.05, 3.63) is 94.5 Å². The number of hydrogen-bond acceptors (Lipinski definition) is 5. The van der Waals surface area contributed by atoms with Crippen molar-refractivity contribution in [2.24, 2.45) is 0 Å². The average molecular weight is 384 g/mol. The molecule has 0 radical (unpaired) electrons. The molecule has 0 spiro atoms. The molecule has 3 heterocycles. The lowest BCUT2D eigenvalue weighted by molar-refractivity contribution is 0.0872. The fourth-order valence-corrected chi connectivity index (χ4v) is 3.67. The highest BCUT2D eigenvalue weighted by Gasteiger charge is 2.33. The number of rotatable bonds is 3. The number of carbonyl (C=O) groups is 1. The summed E-state index contributed by atoms with van der Waals surface area (Å²) in [6, 6.07) is 15.6. The van der Waals surface area contributed by atoms with Crippen molar-refractivity contribution < 1.29 is 14.3 Å². The summed E-state index contributed by atoms with van der Waals surface area (Å²) in [5.41, 5.74) is 4.74. The van der Waals surface area contributed by atoms with E-state index in [0.29, 0.717) is 30.3 Å². The van der Waals surface area contributed by atoms with E-state index in [1.165, 1.54) is 5.56 Å². The fraction of sp³-hybridized carbons (Fsp3) is 0.167. The Bertz CT molecular complexity index is 1100. The third-order valence-electron chi connectivity index (χ3n) is 5.19. The van der Waals surface area contributed by atoms with Gasteiger partial charge >= 0.3 is 0 Å². The number of ketones is 1. The van der Waals surface area contributed by atoms with Gasteiger partial charge in [0.15, 0.2) is 5.76 Å². The molecule has 2 aliphatic heterocycles. The molecule has 2 aliphatic rings. The number of Topliss-reactive ketones (excluding diaryl/α,β-unsaturated/α-hetero) is 1. The van der Waals surface area contributed by atoms with Gasteiger partial charge in [0.2, 0.25) is 5.78 Å². The van der Waals surface area contributed by atoms with Crippen molar-refractivity contribution in [2.45, 2.75) is 20.0 Å². The van der Waals surface area contributed by atoms with Crippen LogP contribution in [0.1, 0.15) is 32.6 Å². The number of fused-ring (bicyclic) bond motifs is 3. The summed E-state index contributed by atoms with van der Waals surface area (Å²) in [7, 11) is 0. The second-order valence-electron chi connectivity index (χ2n) is 7.39. The van der Waals surface area contributed by atoms with Crippen molar-refractivity contribution in [1.82, 2.24) is 9.88 Å². The van der Waals surface area contributed by atoms with Crippen molar-refractivity contribution in [3.8, 4) is 11.5 Å². The molecular formula is C24H20N2O3. The predicted molar refractivity (Wildman–Crippen MR) is 110 cm³/mol. The molecule has 0 fully saturated rings. The highest BCUT2D eigenvalue weighted by atomic mass is 16.5. The summed E-state index contributed by atoms with van der Waals surface area (Å²) in [6.45, 7) is 3.89. The molecule has 0 atom stereocenters. The summed E-state index contributed by atoms with van der Waals surface area (Å²) in [4.78, 5) is 19.2. The zero-order chi connectivity index (χ0) is 19.8. The van der Waals surface area contributed by atoms with Gasteiger partial charge < -0.3 is 9.47 Å². The van der Waals surface area contributed by atoms with Gasteiger partial charge in [-0.05, 0) is 42.3 Å². The molecule has 5 rings (SSSR count). The lowest BCUT2D eigenvalue weighted by Crippen LogP contribution is -2.31. The summed E-state index contributed by atoms with van der Waals surface area (Å²) in [5, 5.41) is 0. The molecule has 0 saturated carbocycles. The number of benzene rings is 2. The average Bonchev–Trinajstić information content (AvgIpc) is 3.06. The lowest BCUT2D eigenvalue weighted by atomic mass is 10.0. The second-order valence-corrected chi connectivity index (χ2v) is 7.39. The van der Waals surface area contributed by atoms with Crippen LogP contribution in [-0.4, -0.2) is 22.4 Å². The second kappa shape index (κ2) is 7.18. The number of nitrogens with zero attached hydrogens (tertiary/aromatic N) is 2. The monoisotopic (exact) mass is 384 g/mol. The van der Waals surface area contributed by atoms with Crippen LogP contribution in [0, 0.1) is 6.92 Å². The van der Waals surface area contributed by atoms with E-state index in [9.17, 15) is 4.79 Å². The van der Waals surface area contributed by atoms with Crippen molar-refractivity contribution in [1.29, 1.82) is 0 Å². The Labute approximate surface area is 169 Å². The minimum absolute atomic E-state index is 0.0900. The maximum atomic E-state index is 12.9. The molecule has 0 amide bonds. The van der Waals surface area contributed by atoms with Crippen LogP contribution in [0.3, 0.4) is 0 Å². The van der Waals surface area contributed by atoms with E-state index in [-0.39, 0.29) is 5.78 Å². The maximum absolute atomic E-state index is 12.9. The Morgan fingerprint density at radius 2 is 2.00 bits per heavy atom. The minimum Gasteiger partial charge on any atom is -0.478 e. The Morgan fingerprint density at radius 1 is 1.14 bits per heavy atom. The van der Waals surface area contributed by atoms with E-state index in [4.69, 9.17) is 9.47 Å². The van der Waals surface area contributed by atoms with Crippen LogP contribution in [0.2, 0.25) is 0 Å². The van der Waals surface area contributed by atoms with Crippen LogP contribution in [0.25, 0.3) is 6.08 Å². The first-order valence-corrected chi connectivity index (χ1v) is 9.58. The van der Waals surface area contributed by atoms with Crippen LogP contribution in [-0.2, 0) is 13.1 Å².